The summed E-state index contributed by atoms with van der Waals surface area (Å²) >= 11 is 1.53. The van der Waals surface area contributed by atoms with E-state index in [0.29, 0.717) is 13.2 Å². The highest BCUT2D eigenvalue weighted by Crippen LogP contribution is 2.27. The van der Waals surface area contributed by atoms with Crippen LogP contribution in [-0.4, -0.2) is 24.7 Å². The van der Waals surface area contributed by atoms with E-state index in [0.717, 1.165) is 21.8 Å². The molecule has 20 heavy (non-hydrogen) atoms. The molecule has 0 bridgehead atoms. The van der Waals surface area contributed by atoms with E-state index in [1.54, 1.807) is 14.0 Å². The fraction of sp³-hybridized carbons (Fsp3) is 0.333. The molecule has 1 aromatic carbocycles. The molecule has 0 atom stereocenters. The molecule has 1 heterocycles. The van der Waals surface area contributed by atoms with E-state index in [4.69, 9.17) is 9.47 Å². The van der Waals surface area contributed by atoms with E-state index in [9.17, 15) is 4.79 Å². The Kier molecular flexibility index (Phi) is 5.26. The molecule has 0 amide bonds. The Balaban J connectivity index is 2.18. The smallest absolute Gasteiger partial charge is 0.311 e. The monoisotopic (exact) mass is 291 g/mol. The summed E-state index contributed by atoms with van der Waals surface area (Å²) in [5.74, 6) is -0.241. The number of rotatable bonds is 6. The van der Waals surface area contributed by atoms with Crippen molar-refractivity contribution in [3.05, 3.63) is 40.9 Å². The van der Waals surface area contributed by atoms with Gasteiger partial charge in [-0.2, -0.15) is 0 Å². The predicted octanol–water partition coefficient (Wildman–Crippen LogP) is 3.06. The molecule has 0 spiro atoms. The van der Waals surface area contributed by atoms with Gasteiger partial charge in [-0.1, -0.05) is 24.3 Å². The summed E-state index contributed by atoms with van der Waals surface area (Å²) in [6, 6.07) is 7.98. The number of carbonyl (C=O) groups excluding carboxylic acids is 1. The van der Waals surface area contributed by atoms with Crippen LogP contribution in [0.25, 0.3) is 10.6 Å². The van der Waals surface area contributed by atoms with Gasteiger partial charge in [-0.3, -0.25) is 4.79 Å². The topological polar surface area (TPSA) is 48.4 Å². The van der Waals surface area contributed by atoms with Crippen LogP contribution in [0.3, 0.4) is 0 Å². The molecule has 5 heteroatoms. The van der Waals surface area contributed by atoms with Gasteiger partial charge in [0.2, 0.25) is 0 Å². The van der Waals surface area contributed by atoms with Crippen LogP contribution in [0.15, 0.2) is 29.6 Å². The molecule has 0 saturated heterocycles. The van der Waals surface area contributed by atoms with Crippen molar-refractivity contribution < 1.29 is 14.3 Å². The average molecular weight is 291 g/mol. The number of thiazole rings is 1. The normalized spacial score (nSPS) is 10.5. The number of aromatic nitrogens is 1. The highest BCUT2D eigenvalue weighted by atomic mass is 32.1. The molecular formula is C15H17NO3S. The first kappa shape index (κ1) is 14.7. The van der Waals surface area contributed by atoms with Crippen molar-refractivity contribution in [2.24, 2.45) is 0 Å². The van der Waals surface area contributed by atoms with Gasteiger partial charge in [-0.25, -0.2) is 4.98 Å². The van der Waals surface area contributed by atoms with Gasteiger partial charge in [-0.05, 0) is 12.5 Å². The molecule has 0 N–H and O–H groups in total. The molecular weight excluding hydrogens is 274 g/mol. The van der Waals surface area contributed by atoms with Crippen LogP contribution >= 0.6 is 11.3 Å². The van der Waals surface area contributed by atoms with Gasteiger partial charge in [0.05, 0.1) is 25.3 Å². The van der Waals surface area contributed by atoms with Crippen molar-refractivity contribution in [2.75, 3.05) is 13.7 Å². The number of methoxy groups -OCH3 is 1. The first-order valence-electron chi connectivity index (χ1n) is 6.41. The fourth-order valence-electron chi connectivity index (χ4n) is 1.88. The Hall–Kier alpha value is -1.72. The minimum atomic E-state index is -0.241. The third kappa shape index (κ3) is 3.65. The zero-order chi connectivity index (χ0) is 14.4. The zero-order valence-electron chi connectivity index (χ0n) is 11.6. The minimum absolute atomic E-state index is 0.219. The second-order valence-electron chi connectivity index (χ2n) is 4.22. The van der Waals surface area contributed by atoms with Gasteiger partial charge in [0.15, 0.2) is 0 Å². The van der Waals surface area contributed by atoms with Crippen LogP contribution in [0.4, 0.5) is 0 Å². The zero-order valence-corrected chi connectivity index (χ0v) is 12.4. The van der Waals surface area contributed by atoms with E-state index < -0.39 is 0 Å². The molecule has 0 aliphatic heterocycles. The molecule has 1 aromatic heterocycles. The lowest BCUT2D eigenvalue weighted by molar-refractivity contribution is -0.142. The van der Waals surface area contributed by atoms with Crippen molar-refractivity contribution in [3.8, 4) is 10.6 Å². The average Bonchev–Trinajstić information content (AvgIpc) is 2.88. The van der Waals surface area contributed by atoms with Gasteiger partial charge < -0.3 is 9.47 Å². The Bertz CT molecular complexity index is 580. The lowest BCUT2D eigenvalue weighted by atomic mass is 10.1. The van der Waals surface area contributed by atoms with Crippen LogP contribution < -0.4 is 0 Å². The second-order valence-corrected chi connectivity index (χ2v) is 5.07. The predicted molar refractivity (Wildman–Crippen MR) is 78.6 cm³/mol. The Morgan fingerprint density at radius 1 is 1.35 bits per heavy atom. The van der Waals surface area contributed by atoms with Gasteiger partial charge in [0.25, 0.3) is 0 Å². The van der Waals surface area contributed by atoms with E-state index in [1.807, 2.05) is 29.6 Å². The van der Waals surface area contributed by atoms with Crippen LogP contribution in [0.5, 0.6) is 0 Å². The van der Waals surface area contributed by atoms with Crippen molar-refractivity contribution in [2.45, 2.75) is 20.0 Å². The summed E-state index contributed by atoms with van der Waals surface area (Å²) in [6.07, 6.45) is 0.219. The lowest BCUT2D eigenvalue weighted by Crippen LogP contribution is -2.07. The van der Waals surface area contributed by atoms with Crippen LogP contribution in [0, 0.1) is 0 Å². The molecule has 4 nitrogen and oxygen atoms in total. The van der Waals surface area contributed by atoms with Crippen LogP contribution in [0.2, 0.25) is 0 Å². The first-order chi connectivity index (χ1) is 9.74. The molecule has 0 unspecified atom stereocenters. The molecule has 2 rings (SSSR count). The van der Waals surface area contributed by atoms with Crippen molar-refractivity contribution >= 4 is 17.3 Å². The van der Waals surface area contributed by atoms with Gasteiger partial charge in [0, 0.05) is 18.1 Å². The number of benzene rings is 1. The Morgan fingerprint density at radius 2 is 2.15 bits per heavy atom. The molecule has 0 aliphatic rings. The minimum Gasteiger partial charge on any atom is -0.466 e. The summed E-state index contributed by atoms with van der Waals surface area (Å²) in [6.45, 7) is 2.74. The van der Waals surface area contributed by atoms with E-state index in [1.165, 1.54) is 11.3 Å². The number of ether oxygens (including phenoxy) is 2. The van der Waals surface area contributed by atoms with Crippen LogP contribution in [-0.2, 0) is 27.3 Å². The summed E-state index contributed by atoms with van der Waals surface area (Å²) < 4.78 is 10.1. The number of esters is 1. The molecule has 0 fully saturated rings. The summed E-state index contributed by atoms with van der Waals surface area (Å²) in [4.78, 5) is 16.0. The quantitative estimate of drug-likeness (QED) is 0.767. The third-order valence-electron chi connectivity index (χ3n) is 2.73. The lowest BCUT2D eigenvalue weighted by Gasteiger charge is -2.05. The molecule has 0 saturated carbocycles. The standard InChI is InChI=1S/C15H17NO3S/c1-3-19-14(17)8-12-10-20-15(16-12)13-7-5-4-6-11(13)9-18-2/h4-7,10H,3,8-9H2,1-2H3. The van der Waals surface area contributed by atoms with Gasteiger partial charge >= 0.3 is 5.97 Å². The van der Waals surface area contributed by atoms with Crippen LogP contribution in [0.1, 0.15) is 18.2 Å². The summed E-state index contributed by atoms with van der Waals surface area (Å²) in [5.41, 5.74) is 2.89. The Labute approximate surface area is 122 Å². The molecule has 2 aromatic rings. The van der Waals surface area contributed by atoms with Crippen molar-refractivity contribution in [1.82, 2.24) is 4.98 Å². The molecule has 0 aliphatic carbocycles. The number of carbonyl (C=O) groups is 1. The van der Waals surface area contributed by atoms with E-state index in [-0.39, 0.29) is 12.4 Å². The van der Waals surface area contributed by atoms with Crippen molar-refractivity contribution in [1.29, 1.82) is 0 Å². The highest BCUT2D eigenvalue weighted by molar-refractivity contribution is 7.13. The van der Waals surface area contributed by atoms with Gasteiger partial charge in [-0.15, -0.1) is 11.3 Å². The Morgan fingerprint density at radius 3 is 2.90 bits per heavy atom. The third-order valence-corrected chi connectivity index (χ3v) is 3.65. The maximum absolute atomic E-state index is 11.5. The SMILES string of the molecule is CCOC(=O)Cc1csc(-c2ccccc2COC)n1. The van der Waals surface area contributed by atoms with Gasteiger partial charge in [0.1, 0.15) is 5.01 Å². The molecule has 0 radical (unpaired) electrons. The fourth-order valence-corrected chi connectivity index (χ4v) is 2.76. The highest BCUT2D eigenvalue weighted by Gasteiger charge is 2.11. The number of hydrogen-bond donors (Lipinski definition) is 0. The van der Waals surface area contributed by atoms with Crippen molar-refractivity contribution in [3.63, 3.8) is 0 Å². The first-order valence-corrected chi connectivity index (χ1v) is 7.29. The number of nitrogens with zero attached hydrogens (tertiary/aromatic N) is 1. The van der Waals surface area contributed by atoms with E-state index in [2.05, 4.69) is 4.98 Å². The number of hydrogen-bond acceptors (Lipinski definition) is 5. The largest absolute Gasteiger partial charge is 0.466 e. The second kappa shape index (κ2) is 7.17. The summed E-state index contributed by atoms with van der Waals surface area (Å²) in [5, 5.41) is 2.80. The maximum atomic E-state index is 11.5. The maximum Gasteiger partial charge on any atom is 0.311 e. The molecule has 106 valence electrons. The van der Waals surface area contributed by atoms with E-state index >= 15 is 0 Å². The summed E-state index contributed by atoms with van der Waals surface area (Å²) in [7, 11) is 1.67.